The summed E-state index contributed by atoms with van der Waals surface area (Å²) >= 11 is 0. The van der Waals surface area contributed by atoms with Crippen molar-refractivity contribution in [2.75, 3.05) is 19.6 Å². The topological polar surface area (TPSA) is 84.3 Å². The molecule has 176 valence electrons. The Hall–Kier alpha value is -2.85. The summed E-state index contributed by atoms with van der Waals surface area (Å²) in [4.78, 5) is 17.1. The minimum atomic E-state index is -3.57. The molecule has 0 bridgehead atoms. The lowest BCUT2D eigenvalue weighted by molar-refractivity contribution is 0.0704. The Morgan fingerprint density at radius 1 is 1.06 bits per heavy atom. The average Bonchev–Trinajstić information content (AvgIpc) is 3.23. The van der Waals surface area contributed by atoms with E-state index in [-0.39, 0.29) is 17.3 Å². The molecule has 1 fully saturated rings. The Balaban J connectivity index is 1.44. The number of sulfonamides is 1. The number of carbonyl (C=O) groups excluding carboxylic acids is 1. The highest BCUT2D eigenvalue weighted by atomic mass is 32.2. The second-order valence-corrected chi connectivity index (χ2v) is 10.1. The first-order valence-electron chi connectivity index (χ1n) is 10.9. The maximum Gasteiger partial charge on any atom is 0.320 e. The lowest BCUT2D eigenvalue weighted by Gasteiger charge is -2.25. The molecule has 1 saturated heterocycles. The molecule has 0 unspecified atom stereocenters. The van der Waals surface area contributed by atoms with Crippen molar-refractivity contribution in [2.24, 2.45) is 0 Å². The van der Waals surface area contributed by atoms with Crippen molar-refractivity contribution < 1.29 is 22.0 Å². The molecule has 1 aromatic heterocycles. The van der Waals surface area contributed by atoms with Gasteiger partial charge >= 0.3 is 6.55 Å². The van der Waals surface area contributed by atoms with E-state index in [2.05, 4.69) is 10.3 Å². The van der Waals surface area contributed by atoms with Gasteiger partial charge in [-0.2, -0.15) is 13.1 Å². The van der Waals surface area contributed by atoms with Crippen LogP contribution >= 0.6 is 0 Å². The third kappa shape index (κ3) is 4.77. The van der Waals surface area contributed by atoms with Crippen LogP contribution in [0.1, 0.15) is 54.8 Å². The van der Waals surface area contributed by atoms with Gasteiger partial charge in [0.2, 0.25) is 10.0 Å². The van der Waals surface area contributed by atoms with Crippen LogP contribution in [-0.4, -0.2) is 47.8 Å². The molecule has 1 atom stereocenters. The summed E-state index contributed by atoms with van der Waals surface area (Å²) in [6.45, 7) is 0.0784. The molecule has 33 heavy (non-hydrogen) atoms. The molecule has 0 aliphatic carbocycles. The van der Waals surface area contributed by atoms with Gasteiger partial charge in [0.05, 0.1) is 15.9 Å². The molecule has 3 aromatic rings. The zero-order valence-electron chi connectivity index (χ0n) is 18.2. The number of carbonyl (C=O) groups is 1. The molecule has 1 amide bonds. The molecular weight excluding hydrogens is 450 g/mol. The van der Waals surface area contributed by atoms with Gasteiger partial charge in [-0.25, -0.2) is 13.4 Å². The molecule has 1 aliphatic heterocycles. The van der Waals surface area contributed by atoms with Crippen LogP contribution in [0.3, 0.4) is 0 Å². The van der Waals surface area contributed by atoms with Gasteiger partial charge in [-0.3, -0.25) is 9.36 Å². The van der Waals surface area contributed by atoms with Crippen LogP contribution < -0.4 is 5.32 Å². The summed E-state index contributed by atoms with van der Waals surface area (Å²) < 4.78 is 55.2. The normalized spacial score (nSPS) is 16.2. The minimum Gasteiger partial charge on any atom is -0.351 e. The van der Waals surface area contributed by atoms with Gasteiger partial charge in [0.15, 0.2) is 0 Å². The predicted octanol–water partition coefficient (Wildman–Crippen LogP) is 4.14. The first-order valence-corrected chi connectivity index (χ1v) is 12.4. The summed E-state index contributed by atoms with van der Waals surface area (Å²) in [5, 5.41) is 2.73. The quantitative estimate of drug-likeness (QED) is 0.556. The van der Waals surface area contributed by atoms with E-state index in [1.807, 2.05) is 0 Å². The Morgan fingerprint density at radius 2 is 1.73 bits per heavy atom. The van der Waals surface area contributed by atoms with Gasteiger partial charge < -0.3 is 5.32 Å². The number of halogens is 2. The number of rotatable bonds is 7. The first kappa shape index (κ1) is 23.3. The van der Waals surface area contributed by atoms with Crippen LogP contribution in [0, 0.1) is 0 Å². The lowest BCUT2D eigenvalue weighted by Crippen LogP contribution is -2.35. The first-order chi connectivity index (χ1) is 15.8. The van der Waals surface area contributed by atoms with E-state index in [9.17, 15) is 22.0 Å². The van der Waals surface area contributed by atoms with Crippen LogP contribution in [-0.2, 0) is 10.0 Å². The average molecular weight is 477 g/mol. The van der Waals surface area contributed by atoms with Gasteiger partial charge in [-0.15, -0.1) is 0 Å². The number of alkyl halides is 2. The molecular formula is C23H26F2N4O3S. The van der Waals surface area contributed by atoms with E-state index in [1.165, 1.54) is 28.6 Å². The van der Waals surface area contributed by atoms with Crippen molar-refractivity contribution >= 4 is 27.0 Å². The Kier molecular flexibility index (Phi) is 6.76. The number of nitrogens with one attached hydrogen (secondary N) is 1. The second kappa shape index (κ2) is 9.56. The molecule has 2 aromatic carbocycles. The highest BCUT2D eigenvalue weighted by molar-refractivity contribution is 7.89. The maximum absolute atomic E-state index is 13.7. The summed E-state index contributed by atoms with van der Waals surface area (Å²) in [5.41, 5.74) is 1.10. The zero-order valence-corrected chi connectivity index (χ0v) is 19.1. The number of amides is 1. The lowest BCUT2D eigenvalue weighted by atomic mass is 10.1. The van der Waals surface area contributed by atoms with Crippen molar-refractivity contribution in [1.82, 2.24) is 19.2 Å². The van der Waals surface area contributed by atoms with Gasteiger partial charge in [-0.1, -0.05) is 25.5 Å². The zero-order chi connectivity index (χ0) is 23.6. The third-order valence-corrected chi connectivity index (χ3v) is 7.81. The van der Waals surface area contributed by atoms with Crippen LogP contribution in [0.25, 0.3) is 11.0 Å². The van der Waals surface area contributed by atoms with E-state index in [4.69, 9.17) is 0 Å². The van der Waals surface area contributed by atoms with Crippen molar-refractivity contribution in [2.45, 2.75) is 43.5 Å². The molecule has 0 radical (unpaired) electrons. The van der Waals surface area contributed by atoms with Crippen LogP contribution in [0.15, 0.2) is 53.4 Å². The molecule has 7 nitrogen and oxygen atoms in total. The summed E-state index contributed by atoms with van der Waals surface area (Å²) in [5.74, 6) is -0.688. The number of para-hydroxylation sites is 2. The number of imidazole rings is 1. The number of hydrogen-bond acceptors (Lipinski definition) is 4. The monoisotopic (exact) mass is 476 g/mol. The van der Waals surface area contributed by atoms with Crippen LogP contribution in [0.2, 0.25) is 0 Å². The Morgan fingerprint density at radius 3 is 2.39 bits per heavy atom. The van der Waals surface area contributed by atoms with Crippen molar-refractivity contribution in [3.63, 3.8) is 0 Å². The number of hydrogen-bond donors (Lipinski definition) is 1. The van der Waals surface area contributed by atoms with E-state index >= 15 is 0 Å². The number of benzene rings is 2. The maximum atomic E-state index is 13.7. The van der Waals surface area contributed by atoms with Crippen LogP contribution in [0.4, 0.5) is 8.78 Å². The van der Waals surface area contributed by atoms with Gasteiger partial charge in [0.25, 0.3) is 5.91 Å². The fraction of sp³-hybridized carbons (Fsp3) is 0.391. The SMILES string of the molecule is C[C@@H](CNC(=O)c1ccc(S(=O)(=O)N2CCCCC2)cc1)c1nc2ccccc2n1C(F)F. The fourth-order valence-corrected chi connectivity index (χ4v) is 5.60. The van der Waals surface area contributed by atoms with Gasteiger partial charge in [-0.05, 0) is 49.2 Å². The third-order valence-electron chi connectivity index (χ3n) is 5.90. The van der Waals surface area contributed by atoms with Gasteiger partial charge in [0, 0.05) is 31.1 Å². The largest absolute Gasteiger partial charge is 0.351 e. The Bertz CT molecular complexity index is 1240. The Labute approximate surface area is 191 Å². The molecule has 10 heteroatoms. The molecule has 1 N–H and O–H groups in total. The second-order valence-electron chi connectivity index (χ2n) is 8.21. The summed E-state index contributed by atoms with van der Waals surface area (Å²) in [6.07, 6.45) is 2.71. The highest BCUT2D eigenvalue weighted by Crippen LogP contribution is 2.27. The number of nitrogens with zero attached hydrogens (tertiary/aromatic N) is 3. The van der Waals surface area contributed by atoms with E-state index in [0.29, 0.717) is 29.7 Å². The van der Waals surface area contributed by atoms with E-state index in [1.54, 1.807) is 31.2 Å². The standard InChI is InChI=1S/C23H26F2N4O3S/c1-16(21-27-19-7-3-4-8-20(19)29(21)23(24)25)15-26-22(30)17-9-11-18(12-10-17)33(31,32)28-13-5-2-6-14-28/h3-4,7-12,16,23H,2,5-6,13-15H2,1H3,(H,26,30)/t16-/m0/s1. The minimum absolute atomic E-state index is 0.0999. The smallest absolute Gasteiger partial charge is 0.320 e. The number of aromatic nitrogens is 2. The molecule has 4 rings (SSSR count). The fourth-order valence-electron chi connectivity index (χ4n) is 4.09. The van der Waals surface area contributed by atoms with Crippen LogP contribution in [0.5, 0.6) is 0 Å². The molecule has 1 aliphatic rings. The predicted molar refractivity (Wildman–Crippen MR) is 121 cm³/mol. The van der Waals surface area contributed by atoms with E-state index < -0.39 is 28.4 Å². The van der Waals surface area contributed by atoms with Crippen molar-refractivity contribution in [3.8, 4) is 0 Å². The number of fused-ring (bicyclic) bond motifs is 1. The molecule has 0 spiro atoms. The summed E-state index contributed by atoms with van der Waals surface area (Å²) in [7, 11) is -3.57. The van der Waals surface area contributed by atoms with Crippen molar-refractivity contribution in [1.29, 1.82) is 0 Å². The van der Waals surface area contributed by atoms with Gasteiger partial charge in [0.1, 0.15) is 5.82 Å². The van der Waals surface area contributed by atoms with E-state index in [0.717, 1.165) is 23.8 Å². The summed E-state index contributed by atoms with van der Waals surface area (Å²) in [6, 6.07) is 12.4. The number of piperidine rings is 1. The molecule has 0 saturated carbocycles. The molecule has 2 heterocycles. The van der Waals surface area contributed by atoms with Crippen molar-refractivity contribution in [3.05, 3.63) is 59.9 Å². The highest BCUT2D eigenvalue weighted by Gasteiger charge is 2.26.